The highest BCUT2D eigenvalue weighted by Crippen LogP contribution is 2.33. The lowest BCUT2D eigenvalue weighted by Crippen LogP contribution is -2.44. The molecule has 2 heterocycles. The number of rotatable bonds is 9. The van der Waals surface area contributed by atoms with Crippen molar-refractivity contribution >= 4 is 23.2 Å². The molecule has 0 bridgehead atoms. The van der Waals surface area contributed by atoms with Crippen LogP contribution in [0.3, 0.4) is 0 Å². The average Bonchev–Trinajstić information content (AvgIpc) is 3.40. The molecule has 0 saturated carbocycles. The van der Waals surface area contributed by atoms with Crippen molar-refractivity contribution in [1.82, 2.24) is 10.6 Å². The molecule has 2 aliphatic rings. The van der Waals surface area contributed by atoms with E-state index < -0.39 is 0 Å². The van der Waals surface area contributed by atoms with Crippen molar-refractivity contribution in [3.05, 3.63) is 23.2 Å². The van der Waals surface area contributed by atoms with Crippen molar-refractivity contribution in [3.63, 3.8) is 0 Å². The molecule has 29 heavy (non-hydrogen) atoms. The van der Waals surface area contributed by atoms with Gasteiger partial charge in [-0.25, -0.2) is 0 Å². The highest BCUT2D eigenvalue weighted by molar-refractivity contribution is 6.30. The average molecular weight is 425 g/mol. The summed E-state index contributed by atoms with van der Waals surface area (Å²) in [6, 6.07) is 6.05. The van der Waals surface area contributed by atoms with Crippen LogP contribution in [0.5, 0.6) is 5.75 Å². The Morgan fingerprint density at radius 3 is 3.03 bits per heavy atom. The van der Waals surface area contributed by atoms with Gasteiger partial charge in [-0.1, -0.05) is 11.6 Å². The number of benzene rings is 1. The molecule has 2 fully saturated rings. The molecule has 0 spiro atoms. The first-order chi connectivity index (χ1) is 14.2. The number of anilines is 1. The number of nitrogens with one attached hydrogen (secondary N) is 2. The van der Waals surface area contributed by atoms with Crippen LogP contribution in [-0.2, 0) is 9.47 Å². The van der Waals surface area contributed by atoms with Crippen LogP contribution in [0.1, 0.15) is 26.2 Å². The van der Waals surface area contributed by atoms with Gasteiger partial charge in [0, 0.05) is 37.3 Å². The first-order valence-electron chi connectivity index (χ1n) is 10.5. The maximum atomic E-state index is 6.19. The number of hydrogen-bond acceptors (Lipinski definition) is 5. The van der Waals surface area contributed by atoms with Crippen molar-refractivity contribution in [2.75, 3.05) is 58.0 Å². The summed E-state index contributed by atoms with van der Waals surface area (Å²) in [5.41, 5.74) is 1.04. The summed E-state index contributed by atoms with van der Waals surface area (Å²) in [4.78, 5) is 6.95. The minimum atomic E-state index is 0.262. The maximum Gasteiger partial charge on any atom is 0.191 e. The van der Waals surface area contributed by atoms with Gasteiger partial charge in [-0.05, 0) is 44.4 Å². The second-order valence-corrected chi connectivity index (χ2v) is 7.80. The van der Waals surface area contributed by atoms with Crippen LogP contribution in [0.15, 0.2) is 23.2 Å². The van der Waals surface area contributed by atoms with E-state index in [9.17, 15) is 0 Å². The van der Waals surface area contributed by atoms with Crippen molar-refractivity contribution in [1.29, 1.82) is 0 Å². The molecule has 3 rings (SSSR count). The Bertz CT molecular complexity index is 667. The van der Waals surface area contributed by atoms with Crippen LogP contribution in [0.4, 0.5) is 5.69 Å². The molecule has 0 aliphatic carbocycles. The Labute approximate surface area is 178 Å². The zero-order chi connectivity index (χ0) is 20.5. The molecule has 8 heteroatoms. The summed E-state index contributed by atoms with van der Waals surface area (Å²) in [5, 5.41) is 7.58. The van der Waals surface area contributed by atoms with E-state index in [1.807, 2.05) is 18.2 Å². The smallest absolute Gasteiger partial charge is 0.191 e. The molecule has 2 atom stereocenters. The largest absolute Gasteiger partial charge is 0.495 e. The minimum absolute atomic E-state index is 0.262. The quantitative estimate of drug-likeness (QED) is 0.361. The molecular weight excluding hydrogens is 392 g/mol. The van der Waals surface area contributed by atoms with E-state index >= 15 is 0 Å². The standard InChI is InChI=1S/C21H33ClN4O3/c1-3-23-21(24-9-12-28-15-18-5-4-11-29-18)25-17-8-10-26(14-17)19-13-16(22)6-7-20(19)27-2/h6-7,13,17-18H,3-5,8-12,14-15H2,1-2H3,(H2,23,24,25). The topological polar surface area (TPSA) is 67.4 Å². The minimum Gasteiger partial charge on any atom is -0.495 e. The fourth-order valence-electron chi connectivity index (χ4n) is 3.73. The zero-order valence-electron chi connectivity index (χ0n) is 17.5. The van der Waals surface area contributed by atoms with Gasteiger partial charge in [0.1, 0.15) is 5.75 Å². The van der Waals surface area contributed by atoms with E-state index in [1.54, 1.807) is 7.11 Å². The summed E-state index contributed by atoms with van der Waals surface area (Å²) in [6.45, 7) is 7.46. The Hall–Kier alpha value is -1.70. The SMILES string of the molecule is CCNC(=NCCOCC1CCCO1)NC1CCN(c2cc(Cl)ccc2OC)C1. The molecule has 0 aromatic heterocycles. The van der Waals surface area contributed by atoms with Gasteiger partial charge < -0.3 is 29.7 Å². The van der Waals surface area contributed by atoms with E-state index in [0.717, 1.165) is 67.9 Å². The monoisotopic (exact) mass is 424 g/mol. The molecular formula is C21H33ClN4O3. The fraction of sp³-hybridized carbons (Fsp3) is 0.667. The molecule has 2 aliphatic heterocycles. The first kappa shape index (κ1) is 22.0. The molecule has 1 aromatic rings. The number of hydrogen-bond donors (Lipinski definition) is 2. The predicted octanol–water partition coefficient (Wildman–Crippen LogP) is 2.68. The Morgan fingerprint density at radius 2 is 2.28 bits per heavy atom. The number of halogens is 1. The van der Waals surface area contributed by atoms with Crippen molar-refractivity contribution < 1.29 is 14.2 Å². The van der Waals surface area contributed by atoms with Gasteiger partial charge in [-0.3, -0.25) is 4.99 Å². The highest BCUT2D eigenvalue weighted by Gasteiger charge is 2.25. The van der Waals surface area contributed by atoms with Gasteiger partial charge in [-0.15, -0.1) is 0 Å². The number of guanidine groups is 1. The van der Waals surface area contributed by atoms with E-state index in [2.05, 4.69) is 27.4 Å². The molecule has 2 unspecified atom stereocenters. The Morgan fingerprint density at radius 1 is 1.38 bits per heavy atom. The van der Waals surface area contributed by atoms with Crippen LogP contribution in [0.2, 0.25) is 5.02 Å². The predicted molar refractivity (Wildman–Crippen MR) is 118 cm³/mol. The van der Waals surface area contributed by atoms with Crippen LogP contribution in [0, 0.1) is 0 Å². The van der Waals surface area contributed by atoms with Gasteiger partial charge in [0.15, 0.2) is 5.96 Å². The van der Waals surface area contributed by atoms with Gasteiger partial charge in [0.2, 0.25) is 0 Å². The van der Waals surface area contributed by atoms with Crippen molar-refractivity contribution in [3.8, 4) is 5.75 Å². The molecule has 2 saturated heterocycles. The normalized spacial score (nSPS) is 22.2. The molecule has 0 radical (unpaired) electrons. The van der Waals surface area contributed by atoms with Gasteiger partial charge in [0.05, 0.1) is 38.7 Å². The second-order valence-electron chi connectivity index (χ2n) is 7.36. The number of nitrogens with zero attached hydrogens (tertiary/aromatic N) is 2. The van der Waals surface area contributed by atoms with Crippen LogP contribution in [0.25, 0.3) is 0 Å². The van der Waals surface area contributed by atoms with E-state index in [-0.39, 0.29) is 6.10 Å². The molecule has 1 aromatic carbocycles. The number of aliphatic imine (C=N–C) groups is 1. The second kappa shape index (κ2) is 11.5. The lowest BCUT2D eigenvalue weighted by atomic mass is 10.2. The van der Waals surface area contributed by atoms with E-state index in [4.69, 9.17) is 25.8 Å². The molecule has 0 amide bonds. The van der Waals surface area contributed by atoms with Crippen LogP contribution >= 0.6 is 11.6 Å². The van der Waals surface area contributed by atoms with Crippen LogP contribution in [-0.4, -0.2) is 71.2 Å². The number of methoxy groups -OCH3 is 1. The highest BCUT2D eigenvalue weighted by atomic mass is 35.5. The summed E-state index contributed by atoms with van der Waals surface area (Å²) in [5.74, 6) is 1.68. The summed E-state index contributed by atoms with van der Waals surface area (Å²) < 4.78 is 16.8. The number of ether oxygens (including phenoxy) is 3. The third-order valence-electron chi connectivity index (χ3n) is 5.19. The Balaban J connectivity index is 1.47. The van der Waals surface area contributed by atoms with Crippen molar-refractivity contribution in [2.45, 2.75) is 38.3 Å². The first-order valence-corrected chi connectivity index (χ1v) is 10.9. The van der Waals surface area contributed by atoms with Gasteiger partial charge in [-0.2, -0.15) is 0 Å². The third-order valence-corrected chi connectivity index (χ3v) is 5.42. The van der Waals surface area contributed by atoms with Crippen molar-refractivity contribution in [2.24, 2.45) is 4.99 Å². The molecule has 2 N–H and O–H groups in total. The van der Waals surface area contributed by atoms with Crippen LogP contribution < -0.4 is 20.3 Å². The lowest BCUT2D eigenvalue weighted by Gasteiger charge is -2.22. The summed E-state index contributed by atoms with van der Waals surface area (Å²) in [7, 11) is 1.69. The summed E-state index contributed by atoms with van der Waals surface area (Å²) >= 11 is 6.19. The van der Waals surface area contributed by atoms with E-state index in [1.165, 1.54) is 0 Å². The van der Waals surface area contributed by atoms with Gasteiger partial charge >= 0.3 is 0 Å². The summed E-state index contributed by atoms with van der Waals surface area (Å²) in [6.07, 6.45) is 3.52. The fourth-order valence-corrected chi connectivity index (χ4v) is 3.90. The zero-order valence-corrected chi connectivity index (χ0v) is 18.2. The maximum absolute atomic E-state index is 6.19. The van der Waals surface area contributed by atoms with Gasteiger partial charge in [0.25, 0.3) is 0 Å². The Kier molecular flexibility index (Phi) is 8.70. The molecule has 162 valence electrons. The molecule has 7 nitrogen and oxygen atoms in total. The lowest BCUT2D eigenvalue weighted by molar-refractivity contribution is 0.0200. The van der Waals surface area contributed by atoms with E-state index in [0.29, 0.717) is 25.8 Å². The third kappa shape index (κ3) is 6.66.